The number of aliphatic hydroxyl groups is 2. The fourth-order valence-corrected chi connectivity index (χ4v) is 5.61. The van der Waals surface area contributed by atoms with Crippen molar-refractivity contribution < 1.29 is 19.7 Å². The van der Waals surface area contributed by atoms with Crippen LogP contribution in [-0.2, 0) is 22.4 Å². The van der Waals surface area contributed by atoms with Gasteiger partial charge in [-0.05, 0) is 43.2 Å². The topological polar surface area (TPSA) is 66.8 Å². The van der Waals surface area contributed by atoms with Gasteiger partial charge in [0, 0.05) is 31.5 Å². The summed E-state index contributed by atoms with van der Waals surface area (Å²) in [5.41, 5.74) is 1.81. The molecule has 2 N–H and O–H groups in total. The highest BCUT2D eigenvalue weighted by Crippen LogP contribution is 2.72. The normalized spacial score (nSPS) is 31.4. The van der Waals surface area contributed by atoms with Crippen molar-refractivity contribution in [1.29, 1.82) is 0 Å². The molecule has 0 heterocycles. The van der Waals surface area contributed by atoms with Gasteiger partial charge in [0.1, 0.15) is 5.78 Å². The predicted octanol–water partition coefficient (Wildman–Crippen LogP) is 3.44. The largest absolute Gasteiger partial charge is 0.396 e. The zero-order chi connectivity index (χ0) is 19.9. The molecule has 3 atom stereocenters. The summed E-state index contributed by atoms with van der Waals surface area (Å²) in [6.45, 7) is 8.43. The molecule has 0 saturated heterocycles. The van der Waals surface area contributed by atoms with Crippen LogP contribution in [0.5, 0.6) is 0 Å². The Morgan fingerprint density at radius 2 is 1.96 bits per heavy atom. The second-order valence-electron chi connectivity index (χ2n) is 8.62. The van der Waals surface area contributed by atoms with E-state index in [0.717, 1.165) is 30.4 Å². The molecule has 148 valence electrons. The number of hydrogen-bond donors (Lipinski definition) is 2. The number of benzene rings is 1. The number of ketones is 1. The maximum Gasteiger partial charge on any atom is 0.185 e. The molecular weight excluding hydrogens is 340 g/mol. The Bertz CT molecular complexity index is 738. The molecule has 1 aromatic carbocycles. The number of carbonyl (C=O) groups is 1. The molecule has 0 spiro atoms. The molecular formula is C23H32O4. The molecule has 0 amide bonds. The van der Waals surface area contributed by atoms with Crippen molar-refractivity contribution >= 4 is 5.78 Å². The molecule has 0 radical (unpaired) electrons. The monoisotopic (exact) mass is 372 g/mol. The van der Waals surface area contributed by atoms with Gasteiger partial charge in [-0.3, -0.25) is 4.79 Å². The molecule has 27 heavy (non-hydrogen) atoms. The molecule has 2 saturated carbocycles. The molecule has 0 aliphatic heterocycles. The van der Waals surface area contributed by atoms with Gasteiger partial charge in [-0.25, -0.2) is 0 Å². The Kier molecular flexibility index (Phi) is 5.37. The minimum Gasteiger partial charge on any atom is -0.396 e. The molecule has 4 heteroatoms. The number of fused-ring (bicyclic) bond motifs is 2. The van der Waals surface area contributed by atoms with Crippen molar-refractivity contribution in [2.75, 3.05) is 13.7 Å². The predicted molar refractivity (Wildman–Crippen MR) is 105 cm³/mol. The van der Waals surface area contributed by atoms with E-state index in [9.17, 15) is 9.90 Å². The van der Waals surface area contributed by atoms with Gasteiger partial charge in [-0.1, -0.05) is 50.3 Å². The maximum atomic E-state index is 13.5. The second kappa shape index (κ2) is 7.16. The van der Waals surface area contributed by atoms with Crippen LogP contribution in [0.2, 0.25) is 0 Å². The van der Waals surface area contributed by atoms with Gasteiger partial charge in [0.25, 0.3) is 0 Å². The molecule has 2 aliphatic carbocycles. The molecule has 2 bridgehead atoms. The quantitative estimate of drug-likeness (QED) is 0.542. The third-order valence-electron chi connectivity index (χ3n) is 7.23. The minimum atomic E-state index is -1.45. The van der Waals surface area contributed by atoms with Crippen molar-refractivity contribution in [2.45, 2.75) is 58.2 Å². The van der Waals surface area contributed by atoms with Crippen LogP contribution in [0.4, 0.5) is 0 Å². The van der Waals surface area contributed by atoms with E-state index in [1.807, 2.05) is 26.0 Å². The number of Topliss-reactive ketones (excluding diaryl/α,β-unsaturated/α-hetero) is 1. The highest BCUT2D eigenvalue weighted by atomic mass is 16.6. The molecule has 0 unspecified atom stereocenters. The van der Waals surface area contributed by atoms with E-state index in [2.05, 4.69) is 18.7 Å². The number of aryl methyl sites for hydroxylation is 2. The Hall–Kier alpha value is -1.49. The van der Waals surface area contributed by atoms with Gasteiger partial charge >= 0.3 is 0 Å². The van der Waals surface area contributed by atoms with Crippen molar-refractivity contribution in [1.82, 2.24) is 0 Å². The van der Waals surface area contributed by atoms with Crippen LogP contribution < -0.4 is 0 Å². The highest BCUT2D eigenvalue weighted by molar-refractivity contribution is 5.89. The van der Waals surface area contributed by atoms with Crippen LogP contribution >= 0.6 is 0 Å². The molecule has 2 aliphatic rings. The average molecular weight is 373 g/mol. The third kappa shape index (κ3) is 2.81. The number of hydrogen-bond acceptors (Lipinski definition) is 4. The lowest BCUT2D eigenvalue weighted by atomic mass is 9.59. The van der Waals surface area contributed by atoms with Crippen molar-refractivity contribution in [3.05, 3.63) is 47.5 Å². The lowest BCUT2D eigenvalue weighted by molar-refractivity contribution is -0.252. The SMILES string of the molecule is C=C1[C@@H]2CC[C@@](C(=O)CCc3cccc(CCCO)c3)(C1(C)C)[C@]2(O)OC. The van der Waals surface area contributed by atoms with Gasteiger partial charge in [0.2, 0.25) is 0 Å². The minimum absolute atomic E-state index is 0.0683. The van der Waals surface area contributed by atoms with E-state index >= 15 is 0 Å². The van der Waals surface area contributed by atoms with E-state index in [1.165, 1.54) is 12.7 Å². The Morgan fingerprint density at radius 3 is 2.59 bits per heavy atom. The lowest BCUT2D eigenvalue weighted by Crippen LogP contribution is -2.55. The zero-order valence-electron chi connectivity index (χ0n) is 16.8. The van der Waals surface area contributed by atoms with Gasteiger partial charge in [0.15, 0.2) is 5.79 Å². The second-order valence-corrected chi connectivity index (χ2v) is 8.62. The molecule has 2 fully saturated rings. The third-order valence-corrected chi connectivity index (χ3v) is 7.23. The summed E-state index contributed by atoms with van der Waals surface area (Å²) in [6.07, 6.45) is 3.97. The van der Waals surface area contributed by atoms with E-state index in [-0.39, 0.29) is 18.3 Å². The number of aliphatic hydroxyl groups excluding tert-OH is 1. The summed E-state index contributed by atoms with van der Waals surface area (Å²) in [6, 6.07) is 8.20. The molecule has 1 aromatic rings. The lowest BCUT2D eigenvalue weighted by Gasteiger charge is -2.45. The van der Waals surface area contributed by atoms with Crippen LogP contribution in [0.1, 0.15) is 50.7 Å². The maximum absolute atomic E-state index is 13.5. The number of carbonyl (C=O) groups excluding carboxylic acids is 1. The van der Waals surface area contributed by atoms with E-state index in [1.54, 1.807) is 0 Å². The van der Waals surface area contributed by atoms with Crippen molar-refractivity contribution in [3.8, 4) is 0 Å². The van der Waals surface area contributed by atoms with Gasteiger partial charge < -0.3 is 14.9 Å². The van der Waals surface area contributed by atoms with Crippen LogP contribution in [0.3, 0.4) is 0 Å². The molecule has 4 nitrogen and oxygen atoms in total. The van der Waals surface area contributed by atoms with Gasteiger partial charge in [-0.15, -0.1) is 0 Å². The summed E-state index contributed by atoms with van der Waals surface area (Å²) in [5, 5.41) is 20.3. The fourth-order valence-electron chi connectivity index (χ4n) is 5.61. The number of methoxy groups -OCH3 is 1. The van der Waals surface area contributed by atoms with E-state index in [0.29, 0.717) is 19.3 Å². The number of ether oxygens (including phenoxy) is 1. The smallest absolute Gasteiger partial charge is 0.185 e. The summed E-state index contributed by atoms with van der Waals surface area (Å²) >= 11 is 0. The van der Waals surface area contributed by atoms with Crippen molar-refractivity contribution in [3.63, 3.8) is 0 Å². The summed E-state index contributed by atoms with van der Waals surface area (Å²) < 4.78 is 5.58. The Labute approximate surface area is 162 Å². The highest BCUT2D eigenvalue weighted by Gasteiger charge is 2.76. The summed E-state index contributed by atoms with van der Waals surface area (Å²) in [4.78, 5) is 13.5. The van der Waals surface area contributed by atoms with E-state index < -0.39 is 16.6 Å². The first-order chi connectivity index (χ1) is 12.7. The Morgan fingerprint density at radius 1 is 1.30 bits per heavy atom. The zero-order valence-corrected chi connectivity index (χ0v) is 16.8. The average Bonchev–Trinajstić information content (AvgIpc) is 3.03. The van der Waals surface area contributed by atoms with Crippen molar-refractivity contribution in [2.24, 2.45) is 16.7 Å². The van der Waals surface area contributed by atoms with Crippen LogP contribution in [0.15, 0.2) is 36.4 Å². The first-order valence-corrected chi connectivity index (χ1v) is 9.93. The van der Waals surface area contributed by atoms with E-state index in [4.69, 9.17) is 9.84 Å². The summed E-state index contributed by atoms with van der Waals surface area (Å²) in [7, 11) is 1.50. The first kappa shape index (κ1) is 20.2. The molecule has 0 aromatic heterocycles. The number of rotatable bonds is 8. The summed E-state index contributed by atoms with van der Waals surface area (Å²) in [5.74, 6) is -1.56. The van der Waals surface area contributed by atoms with Gasteiger partial charge in [-0.2, -0.15) is 0 Å². The van der Waals surface area contributed by atoms with Crippen LogP contribution in [0.25, 0.3) is 0 Å². The van der Waals surface area contributed by atoms with Gasteiger partial charge in [0.05, 0.1) is 5.41 Å². The van der Waals surface area contributed by atoms with Crippen LogP contribution in [0, 0.1) is 16.7 Å². The van der Waals surface area contributed by atoms with Crippen LogP contribution in [-0.4, -0.2) is 35.5 Å². The fraction of sp³-hybridized carbons (Fsp3) is 0.609. The molecule has 3 rings (SSSR count). The standard InChI is InChI=1S/C23H32O4/c1-16-19-12-13-22(21(16,2)3,23(19,26)27-4)20(25)11-10-18-8-5-7-17(15-18)9-6-14-24/h5,7-8,15,19,24,26H,1,6,9-14H2,2-4H3/t19-,22+,23+/m0/s1. The first-order valence-electron chi connectivity index (χ1n) is 9.93. The Balaban J connectivity index is 1.80.